The number of benzene rings is 2. The number of cyclic esters (lactones) is 1. The van der Waals surface area contributed by atoms with Gasteiger partial charge in [-0.2, -0.15) is 0 Å². The molecule has 27 nitrogen and oxygen atoms in total. The van der Waals surface area contributed by atoms with Crippen LogP contribution in [0.15, 0.2) is 47.6 Å². The number of carbonyl (C=O) groups is 12. The van der Waals surface area contributed by atoms with Crippen LogP contribution in [0.25, 0.3) is 0 Å². The van der Waals surface area contributed by atoms with Crippen molar-refractivity contribution >= 4 is 229 Å². The van der Waals surface area contributed by atoms with E-state index in [1.807, 2.05) is 187 Å². The van der Waals surface area contributed by atoms with Crippen LogP contribution in [0.3, 0.4) is 0 Å². The zero-order valence-corrected chi connectivity index (χ0v) is 79.8. The number of ether oxygens (including phenoxy) is 8. The number of esters is 4. The molecule has 33 heteroatoms. The summed E-state index contributed by atoms with van der Waals surface area (Å²) in [6, 6.07) is -1.27. The smallest absolute Gasteiger partial charge is 0.340 e. The van der Waals surface area contributed by atoms with Gasteiger partial charge in [0.05, 0.1) is 86.8 Å². The number of aliphatic hydroxyl groups excluding tert-OH is 1. The van der Waals surface area contributed by atoms with E-state index in [1.54, 1.807) is 40.9 Å². The Balaban J connectivity index is 1.24. The molecule has 5 amide bonds. The molecule has 630 valence electrons. The predicted molar refractivity (Wildman–Crippen MR) is 478 cm³/mol. The monoisotopic (exact) mass is 2260 g/mol. The van der Waals surface area contributed by atoms with Gasteiger partial charge in [-0.25, -0.2) is 14.4 Å². The second kappa shape index (κ2) is 46.5. The molecule has 6 rings (SSSR count). The zero-order valence-electron chi connectivity index (χ0n) is 66.8. The molecule has 0 radical (unpaired) electrons. The van der Waals surface area contributed by atoms with E-state index in [0.29, 0.717) is 108 Å². The van der Waals surface area contributed by atoms with E-state index in [2.05, 4.69) is 21.3 Å². The Morgan fingerprint density at radius 2 is 1.18 bits per heavy atom. The van der Waals surface area contributed by atoms with Gasteiger partial charge >= 0.3 is 23.9 Å². The van der Waals surface area contributed by atoms with Crippen LogP contribution in [0.4, 0.5) is 22.7 Å². The largest absolute Gasteiger partial charge is 0.462 e. The molecule has 114 heavy (non-hydrogen) atoms. The lowest BCUT2D eigenvalue weighted by Gasteiger charge is -2.42. The highest BCUT2D eigenvalue weighted by atomic mass is 127. The number of nitrogens with one attached hydrogen (secondary N) is 4. The number of Topliss-reactive ketones (excluding diaryl/α,β-unsaturated/α-hetero) is 3. The molecule has 6 N–H and O–H groups in total. The van der Waals surface area contributed by atoms with Crippen molar-refractivity contribution < 1.29 is 106 Å². The lowest BCUT2D eigenvalue weighted by atomic mass is 9.78. The Morgan fingerprint density at radius 1 is 0.640 bits per heavy atom. The number of methoxy groups -OCH3 is 3. The molecule has 1 saturated carbocycles. The van der Waals surface area contributed by atoms with Crippen LogP contribution in [0.5, 0.6) is 0 Å². The number of hydrogen-bond donors (Lipinski definition) is 6. The lowest BCUT2D eigenvalue weighted by molar-refractivity contribution is -0.265. The second-order valence-electron chi connectivity index (χ2n) is 30.2. The molecule has 0 spiro atoms. The molecule has 0 aromatic heterocycles. The normalized spacial score (nSPS) is 27.8. The highest BCUT2D eigenvalue weighted by molar-refractivity contribution is 14.1. The van der Waals surface area contributed by atoms with Gasteiger partial charge in [-0.1, -0.05) is 71.1 Å². The van der Waals surface area contributed by atoms with Crippen molar-refractivity contribution in [2.75, 3.05) is 62.4 Å². The second-order valence-corrected chi connectivity index (χ2v) is 36.6. The number of rotatable bonds is 22. The van der Waals surface area contributed by atoms with Crippen LogP contribution in [-0.2, 0) is 85.8 Å². The average Bonchev–Trinajstić information content (AvgIpc) is 0.782. The Morgan fingerprint density at radius 3 is 1.69 bits per heavy atom. The molecular formula is C81H107I6N5O22. The topological polar surface area (TPSA) is 370 Å². The first kappa shape index (κ1) is 98.6. The highest BCUT2D eigenvalue weighted by Gasteiger charge is 2.53. The van der Waals surface area contributed by atoms with E-state index in [4.69, 9.17) is 37.9 Å². The van der Waals surface area contributed by atoms with E-state index >= 15 is 0 Å². The lowest BCUT2D eigenvalue weighted by Crippen LogP contribution is -2.61. The maximum atomic E-state index is 14.9. The SMILES string of the molecule is CO[C@H]1C[C@@H]2CC[C@@H](C)[C@@](O)(O2)C(=O)C(=O)N2CCCC[C@H]2C(=O)O[C@H]([C@H](C)C[C@@H]2CC[C@@H](OC(=O)CCC(CCOC(=O)c3c(I)c(NC(C)=O)c(I)c(NC(C)=O)c3I)CCOC(=O)c3c(I)c(NC(C)=O)c(I)c(NC(C)=O)c3I)[C@H](OC)C2)CC(=O)[C@H](C)/C=C(\C)[C@@H](O)[C@@H](OC)C(=O)[C@H](C)C[C@H](C)/C=C/C=C/C=C/1C. The summed E-state index contributed by atoms with van der Waals surface area (Å²) < 4.78 is 50.8. The summed E-state index contributed by atoms with van der Waals surface area (Å²) in [5.74, 6) is -13.5. The Bertz CT molecular complexity index is 3820. The minimum absolute atomic E-state index is 0.00547. The number of nitrogens with zero attached hydrogens (tertiary/aromatic N) is 1. The minimum atomic E-state index is -2.53. The van der Waals surface area contributed by atoms with Gasteiger partial charge in [0.25, 0.3) is 11.7 Å². The molecule has 3 fully saturated rings. The van der Waals surface area contributed by atoms with Crippen molar-refractivity contribution in [1.82, 2.24) is 4.90 Å². The molecule has 3 heterocycles. The van der Waals surface area contributed by atoms with Crippen molar-refractivity contribution in [3.63, 3.8) is 0 Å². The minimum Gasteiger partial charge on any atom is -0.462 e. The van der Waals surface area contributed by atoms with Crippen molar-refractivity contribution in [3.8, 4) is 0 Å². The first-order chi connectivity index (χ1) is 53.7. The van der Waals surface area contributed by atoms with Crippen LogP contribution in [0, 0.1) is 62.8 Å². The fourth-order valence-electron chi connectivity index (χ4n) is 14.8. The number of carbonyl (C=O) groups excluding carboxylic acids is 12. The number of aliphatic hydroxyl groups is 2. The molecule has 15 atom stereocenters. The number of amides is 5. The van der Waals surface area contributed by atoms with E-state index in [1.165, 1.54) is 41.9 Å². The quantitative estimate of drug-likeness (QED) is 0.0210. The van der Waals surface area contributed by atoms with E-state index in [9.17, 15) is 67.7 Å². The third-order valence-electron chi connectivity index (χ3n) is 21.3. The standard InChI is InChI=1S/C81H107I6N5O22/c1-40-20-16-15-17-21-41(2)57(107-12)38-53-26-23-46(7)81(106,114-53)76(101)77(102)92-31-19-18-22-54(92)78(103)113-58(39-55(97)42(3)35-45(6)74(100)75(109-14)73(99)44(5)34-40)43(4)36-52-24-27-56(59(37-52)108-13)112-60(98)28-25-51(29-32-110-79(104)61-63(82)69(88-47(8)93)67(86)70(64(61)83)89-48(9)94)30-33-111-80(105)62-65(84)71(90-49(10)95)68(87)72(66(62)85)91-50(11)96/h15-17,20-21,35,40,42-44,46,51-54,56-59,74-75,100,106H,18-19,22-34,36-39H2,1-14H3,(H,88,93)(H,89,94)(H,90,95)(H,91,96)/b17-15+,20-16+,41-21+,45-35+/t40-,42-,43-,44-,46-,52+,53+,54+,56-,57+,58+,59-,74-,75+,81-/m1/s1. The number of hydrogen-bond acceptors (Lipinski definition) is 22. The maximum Gasteiger partial charge on any atom is 0.340 e. The molecule has 2 aromatic carbocycles. The van der Waals surface area contributed by atoms with Crippen LogP contribution >= 0.6 is 136 Å². The molecule has 3 aliphatic heterocycles. The van der Waals surface area contributed by atoms with Crippen molar-refractivity contribution in [2.24, 2.45) is 41.4 Å². The number of halogens is 6. The van der Waals surface area contributed by atoms with Crippen LogP contribution in [0.1, 0.15) is 200 Å². The first-order valence-corrected chi connectivity index (χ1v) is 44.7. The summed E-state index contributed by atoms with van der Waals surface area (Å²) in [6.07, 6.45) is 8.93. The van der Waals surface area contributed by atoms with E-state index < -0.39 is 143 Å². The molecule has 2 aromatic rings. The van der Waals surface area contributed by atoms with Gasteiger partial charge in [-0.05, 0) is 268 Å². The Hall–Kier alpha value is -4.22. The molecule has 0 unspecified atom stereocenters. The summed E-state index contributed by atoms with van der Waals surface area (Å²) in [7, 11) is 4.40. The average molecular weight is 2260 g/mol. The van der Waals surface area contributed by atoms with Gasteiger partial charge in [0, 0.05) is 92.6 Å². The third-order valence-corrected chi connectivity index (χ3v) is 27.7. The van der Waals surface area contributed by atoms with Gasteiger partial charge in [0.1, 0.15) is 36.2 Å². The number of fused-ring (bicyclic) bond motifs is 3. The number of piperidine rings is 1. The molecular weight excluding hydrogens is 2160 g/mol. The predicted octanol–water partition coefficient (Wildman–Crippen LogP) is 14.1. The Kier molecular flexibility index (Phi) is 40.3. The molecule has 2 bridgehead atoms. The summed E-state index contributed by atoms with van der Waals surface area (Å²) in [6.45, 7) is 17.3. The summed E-state index contributed by atoms with van der Waals surface area (Å²) in [5, 5.41) is 34.9. The molecule has 1 aliphatic carbocycles. The van der Waals surface area contributed by atoms with Crippen molar-refractivity contribution in [2.45, 2.75) is 233 Å². The van der Waals surface area contributed by atoms with Crippen LogP contribution in [0.2, 0.25) is 0 Å². The Labute approximate surface area is 749 Å². The van der Waals surface area contributed by atoms with E-state index in [-0.39, 0.29) is 99.2 Å². The van der Waals surface area contributed by atoms with Crippen molar-refractivity contribution in [3.05, 3.63) is 80.2 Å². The van der Waals surface area contributed by atoms with Crippen LogP contribution in [-0.4, -0.2) is 182 Å². The third kappa shape index (κ3) is 27.1. The fourth-order valence-corrected chi connectivity index (χ4v) is 23.1. The maximum absolute atomic E-state index is 14.9. The number of allylic oxidation sites excluding steroid dienone is 6. The first-order valence-electron chi connectivity index (χ1n) is 38.2. The molecule has 2 saturated heterocycles. The summed E-state index contributed by atoms with van der Waals surface area (Å²) >= 11 is 11.7. The fraction of sp³-hybridized carbons (Fsp3) is 0.605. The van der Waals surface area contributed by atoms with E-state index in [0.717, 1.165) is 10.5 Å². The van der Waals surface area contributed by atoms with Crippen LogP contribution < -0.4 is 21.3 Å². The summed E-state index contributed by atoms with van der Waals surface area (Å²) in [4.78, 5) is 166. The number of anilines is 4. The van der Waals surface area contributed by atoms with Gasteiger partial charge in [-0.3, -0.25) is 43.2 Å². The molecule has 4 aliphatic rings. The van der Waals surface area contributed by atoms with Gasteiger partial charge < -0.3 is 74.3 Å². The highest BCUT2D eigenvalue weighted by Crippen LogP contribution is 2.43. The number of ketones is 3. The van der Waals surface area contributed by atoms with Gasteiger partial charge in [-0.15, -0.1) is 0 Å². The van der Waals surface area contributed by atoms with Crippen molar-refractivity contribution in [1.29, 1.82) is 0 Å². The zero-order chi connectivity index (χ0) is 84.9. The summed E-state index contributed by atoms with van der Waals surface area (Å²) in [5.41, 5.74) is 2.52. The van der Waals surface area contributed by atoms with Gasteiger partial charge in [0.15, 0.2) is 5.78 Å². The van der Waals surface area contributed by atoms with Gasteiger partial charge in [0.2, 0.25) is 29.4 Å².